The van der Waals surface area contributed by atoms with Crippen LogP contribution in [0.5, 0.6) is 0 Å². The van der Waals surface area contributed by atoms with Crippen LogP contribution < -0.4 is 11.1 Å². The Bertz CT molecular complexity index is 377. The Kier molecular flexibility index (Phi) is 4.78. The summed E-state index contributed by atoms with van der Waals surface area (Å²) in [6.07, 6.45) is 0.221. The summed E-state index contributed by atoms with van der Waals surface area (Å²) >= 11 is 5.73. The standard InChI is InChI=1S/C12H17ClN2O2/c1-3-12(2,14)8-17-11(16)15-10-6-4-9(13)5-7-10/h4-7H,3,8,14H2,1-2H3,(H,15,16). The maximum Gasteiger partial charge on any atom is 0.411 e. The molecular formula is C12H17ClN2O2. The van der Waals surface area contributed by atoms with Gasteiger partial charge >= 0.3 is 6.09 Å². The van der Waals surface area contributed by atoms with Gasteiger partial charge in [0.2, 0.25) is 0 Å². The molecule has 0 aliphatic heterocycles. The number of nitrogens with two attached hydrogens (primary N) is 1. The van der Waals surface area contributed by atoms with Crippen molar-refractivity contribution in [2.75, 3.05) is 11.9 Å². The second-order valence-electron chi connectivity index (χ2n) is 4.22. The molecule has 0 spiro atoms. The van der Waals surface area contributed by atoms with Crippen molar-refractivity contribution >= 4 is 23.4 Å². The molecule has 0 bridgehead atoms. The molecule has 4 nitrogen and oxygen atoms in total. The van der Waals surface area contributed by atoms with E-state index in [1.807, 2.05) is 13.8 Å². The fraction of sp³-hybridized carbons (Fsp3) is 0.417. The molecule has 1 atom stereocenters. The topological polar surface area (TPSA) is 64.3 Å². The van der Waals surface area contributed by atoms with Gasteiger partial charge in [-0.3, -0.25) is 5.32 Å². The van der Waals surface area contributed by atoms with Crippen LogP contribution in [0.3, 0.4) is 0 Å². The molecule has 17 heavy (non-hydrogen) atoms. The first kappa shape index (κ1) is 13.8. The van der Waals surface area contributed by atoms with Gasteiger partial charge in [0.15, 0.2) is 0 Å². The summed E-state index contributed by atoms with van der Waals surface area (Å²) in [5, 5.41) is 3.21. The molecule has 0 aliphatic carbocycles. The maximum atomic E-state index is 11.4. The molecular weight excluding hydrogens is 240 g/mol. The van der Waals surface area contributed by atoms with E-state index >= 15 is 0 Å². The summed E-state index contributed by atoms with van der Waals surface area (Å²) in [6, 6.07) is 6.78. The number of benzene rings is 1. The van der Waals surface area contributed by atoms with E-state index in [4.69, 9.17) is 22.1 Å². The van der Waals surface area contributed by atoms with E-state index in [0.29, 0.717) is 10.7 Å². The first-order chi connectivity index (χ1) is 7.93. The van der Waals surface area contributed by atoms with Crippen LogP contribution in [0, 0.1) is 0 Å². The van der Waals surface area contributed by atoms with E-state index in [-0.39, 0.29) is 6.61 Å². The number of anilines is 1. The minimum absolute atomic E-state index is 0.183. The van der Waals surface area contributed by atoms with Crippen molar-refractivity contribution in [3.8, 4) is 0 Å². The fourth-order valence-corrected chi connectivity index (χ4v) is 1.15. The minimum Gasteiger partial charge on any atom is -0.447 e. The van der Waals surface area contributed by atoms with E-state index in [2.05, 4.69) is 5.32 Å². The predicted octanol–water partition coefficient (Wildman–Crippen LogP) is 3.02. The van der Waals surface area contributed by atoms with Crippen LogP contribution in [0.25, 0.3) is 0 Å². The van der Waals surface area contributed by atoms with Crippen LogP contribution in [0.15, 0.2) is 24.3 Å². The molecule has 0 saturated carbocycles. The summed E-state index contributed by atoms with van der Waals surface area (Å²) in [5.74, 6) is 0. The zero-order valence-electron chi connectivity index (χ0n) is 10.00. The molecule has 0 aliphatic rings. The number of carbonyl (C=O) groups is 1. The van der Waals surface area contributed by atoms with Gasteiger partial charge in [0, 0.05) is 16.2 Å². The fourth-order valence-electron chi connectivity index (χ4n) is 1.02. The molecule has 1 aromatic carbocycles. The summed E-state index contributed by atoms with van der Waals surface area (Å²) in [6.45, 7) is 3.96. The monoisotopic (exact) mass is 256 g/mol. The highest BCUT2D eigenvalue weighted by Gasteiger charge is 2.18. The highest BCUT2D eigenvalue weighted by atomic mass is 35.5. The van der Waals surface area contributed by atoms with Crippen LogP contribution in [0.4, 0.5) is 10.5 Å². The molecule has 94 valence electrons. The number of nitrogens with one attached hydrogen (secondary N) is 1. The molecule has 0 heterocycles. The number of ether oxygens (including phenoxy) is 1. The third kappa shape index (κ3) is 5.06. The SMILES string of the molecule is CCC(C)(N)COC(=O)Nc1ccc(Cl)cc1. The van der Waals surface area contributed by atoms with E-state index in [1.54, 1.807) is 24.3 Å². The van der Waals surface area contributed by atoms with Crippen molar-refractivity contribution in [3.63, 3.8) is 0 Å². The first-order valence-corrected chi connectivity index (χ1v) is 5.79. The van der Waals surface area contributed by atoms with Gasteiger partial charge in [-0.15, -0.1) is 0 Å². The lowest BCUT2D eigenvalue weighted by atomic mass is 10.0. The van der Waals surface area contributed by atoms with Crippen molar-refractivity contribution in [1.29, 1.82) is 0 Å². The normalized spacial score (nSPS) is 13.9. The molecule has 1 amide bonds. The molecule has 5 heteroatoms. The van der Waals surface area contributed by atoms with E-state index in [9.17, 15) is 4.79 Å². The summed E-state index contributed by atoms with van der Waals surface area (Å²) in [4.78, 5) is 11.4. The molecule has 0 saturated heterocycles. The highest BCUT2D eigenvalue weighted by molar-refractivity contribution is 6.30. The molecule has 0 radical (unpaired) electrons. The third-order valence-corrected chi connectivity index (χ3v) is 2.68. The molecule has 3 N–H and O–H groups in total. The number of carbonyl (C=O) groups excluding carboxylic acids is 1. The Morgan fingerprint density at radius 3 is 2.59 bits per heavy atom. The lowest BCUT2D eigenvalue weighted by Crippen LogP contribution is -2.41. The maximum absolute atomic E-state index is 11.4. The quantitative estimate of drug-likeness (QED) is 0.870. The Hall–Kier alpha value is -1.26. The van der Waals surface area contributed by atoms with Gasteiger partial charge in [0.05, 0.1) is 0 Å². The molecule has 1 rings (SSSR count). The van der Waals surface area contributed by atoms with Crippen molar-refractivity contribution in [3.05, 3.63) is 29.3 Å². The van der Waals surface area contributed by atoms with Crippen LogP contribution in [0.2, 0.25) is 5.02 Å². The van der Waals surface area contributed by atoms with Gasteiger partial charge in [-0.1, -0.05) is 18.5 Å². The van der Waals surface area contributed by atoms with E-state index < -0.39 is 11.6 Å². The van der Waals surface area contributed by atoms with Crippen LogP contribution >= 0.6 is 11.6 Å². The molecule has 1 aromatic rings. The first-order valence-electron chi connectivity index (χ1n) is 5.41. The van der Waals surface area contributed by atoms with Gasteiger partial charge in [-0.05, 0) is 37.6 Å². The molecule has 0 fully saturated rings. The van der Waals surface area contributed by atoms with Crippen LogP contribution in [-0.4, -0.2) is 18.2 Å². The summed E-state index contributed by atoms with van der Waals surface area (Å²) < 4.78 is 5.02. The highest BCUT2D eigenvalue weighted by Crippen LogP contribution is 2.13. The van der Waals surface area contributed by atoms with Crippen molar-refractivity contribution in [2.45, 2.75) is 25.8 Å². The molecule has 1 unspecified atom stereocenters. The number of halogens is 1. The van der Waals surface area contributed by atoms with Crippen LogP contribution in [0.1, 0.15) is 20.3 Å². The Balaban J connectivity index is 2.42. The zero-order valence-corrected chi connectivity index (χ0v) is 10.8. The van der Waals surface area contributed by atoms with E-state index in [1.165, 1.54) is 0 Å². The summed E-state index contributed by atoms with van der Waals surface area (Å²) in [5.41, 5.74) is 6.00. The Morgan fingerprint density at radius 1 is 1.47 bits per heavy atom. The zero-order chi connectivity index (χ0) is 12.9. The van der Waals surface area contributed by atoms with Crippen molar-refractivity contribution < 1.29 is 9.53 Å². The van der Waals surface area contributed by atoms with Crippen molar-refractivity contribution in [2.24, 2.45) is 5.73 Å². The predicted molar refractivity (Wildman–Crippen MR) is 69.3 cm³/mol. The van der Waals surface area contributed by atoms with Crippen molar-refractivity contribution in [1.82, 2.24) is 0 Å². The average molecular weight is 257 g/mol. The number of hydrogen-bond acceptors (Lipinski definition) is 3. The smallest absolute Gasteiger partial charge is 0.411 e. The molecule has 0 aromatic heterocycles. The lowest BCUT2D eigenvalue weighted by molar-refractivity contribution is 0.132. The average Bonchev–Trinajstić information content (AvgIpc) is 2.30. The van der Waals surface area contributed by atoms with Gasteiger partial charge in [0.25, 0.3) is 0 Å². The largest absolute Gasteiger partial charge is 0.447 e. The van der Waals surface area contributed by atoms with Gasteiger partial charge < -0.3 is 10.5 Å². The second kappa shape index (κ2) is 5.89. The van der Waals surface area contributed by atoms with Gasteiger partial charge in [-0.25, -0.2) is 4.79 Å². The van der Waals surface area contributed by atoms with Crippen LogP contribution in [-0.2, 0) is 4.74 Å². The summed E-state index contributed by atoms with van der Waals surface area (Å²) in [7, 11) is 0. The van der Waals surface area contributed by atoms with E-state index in [0.717, 1.165) is 6.42 Å². The van der Waals surface area contributed by atoms with Gasteiger partial charge in [0.1, 0.15) is 6.61 Å². The third-order valence-electron chi connectivity index (χ3n) is 2.43. The Morgan fingerprint density at radius 2 is 2.06 bits per heavy atom. The number of rotatable bonds is 4. The minimum atomic E-state index is -0.516. The number of amides is 1. The van der Waals surface area contributed by atoms with Gasteiger partial charge in [-0.2, -0.15) is 0 Å². The Labute approximate surface area is 106 Å². The second-order valence-corrected chi connectivity index (χ2v) is 4.65. The lowest BCUT2D eigenvalue weighted by Gasteiger charge is -2.21. The number of hydrogen-bond donors (Lipinski definition) is 2.